The van der Waals surface area contributed by atoms with Crippen molar-refractivity contribution < 1.29 is 14.3 Å². The molecule has 0 aromatic heterocycles. The molecule has 3 nitrogen and oxygen atoms in total. The van der Waals surface area contributed by atoms with Crippen molar-refractivity contribution in [2.24, 2.45) is 5.92 Å². The minimum absolute atomic E-state index is 0.156. The lowest BCUT2D eigenvalue weighted by Crippen LogP contribution is -2.55. The molecule has 0 spiro atoms. The molecule has 0 N–H and O–H groups in total. The molecule has 1 atom stereocenters. The van der Waals surface area contributed by atoms with Crippen molar-refractivity contribution in [1.29, 1.82) is 0 Å². The van der Waals surface area contributed by atoms with Crippen molar-refractivity contribution >= 4 is 21.9 Å². The Balaban J connectivity index is 2.42. The summed E-state index contributed by atoms with van der Waals surface area (Å²) in [6.45, 7) is 3.16. The van der Waals surface area contributed by atoms with Crippen LogP contribution in [0, 0.1) is 5.92 Å². The van der Waals surface area contributed by atoms with Crippen molar-refractivity contribution in [3.8, 4) is 0 Å². The molecule has 0 aliphatic carbocycles. The van der Waals surface area contributed by atoms with Gasteiger partial charge in [0, 0.05) is 4.47 Å². The highest BCUT2D eigenvalue weighted by Crippen LogP contribution is 2.44. The lowest BCUT2D eigenvalue weighted by molar-refractivity contribution is -0.160. The van der Waals surface area contributed by atoms with Gasteiger partial charge in [-0.2, -0.15) is 0 Å². The lowest BCUT2D eigenvalue weighted by atomic mass is 9.67. The number of rotatable bonds is 4. The van der Waals surface area contributed by atoms with E-state index in [-0.39, 0.29) is 17.3 Å². The number of halogens is 1. The van der Waals surface area contributed by atoms with E-state index in [4.69, 9.17) is 9.47 Å². The SMILES string of the molecule is CCC(C(=O)OC)C1(c2ccccc2Br)COC1. The summed E-state index contributed by atoms with van der Waals surface area (Å²) < 4.78 is 11.4. The van der Waals surface area contributed by atoms with Crippen molar-refractivity contribution in [1.82, 2.24) is 0 Å². The minimum Gasteiger partial charge on any atom is -0.469 e. The predicted molar refractivity (Wildman–Crippen MR) is 72.4 cm³/mol. The molecule has 1 unspecified atom stereocenters. The van der Waals surface area contributed by atoms with Gasteiger partial charge in [0.05, 0.1) is 31.7 Å². The number of ether oxygens (including phenoxy) is 2. The molecule has 98 valence electrons. The number of hydrogen-bond donors (Lipinski definition) is 0. The summed E-state index contributed by atoms with van der Waals surface area (Å²) in [5.74, 6) is -0.313. The first kappa shape index (κ1) is 13.6. The highest BCUT2D eigenvalue weighted by atomic mass is 79.9. The fourth-order valence-corrected chi connectivity index (χ4v) is 3.34. The Hall–Kier alpha value is -0.870. The largest absolute Gasteiger partial charge is 0.469 e. The van der Waals surface area contributed by atoms with E-state index in [0.29, 0.717) is 13.2 Å². The Labute approximate surface area is 116 Å². The first-order chi connectivity index (χ1) is 8.65. The molecule has 1 aliphatic heterocycles. The highest BCUT2D eigenvalue weighted by Gasteiger charge is 2.50. The second-order valence-electron chi connectivity index (χ2n) is 4.61. The summed E-state index contributed by atoms with van der Waals surface area (Å²) >= 11 is 3.57. The Kier molecular flexibility index (Phi) is 4.07. The number of methoxy groups -OCH3 is 1. The second-order valence-corrected chi connectivity index (χ2v) is 5.47. The van der Waals surface area contributed by atoms with Crippen molar-refractivity contribution in [3.63, 3.8) is 0 Å². The molecule has 1 fully saturated rings. The number of carbonyl (C=O) groups excluding carboxylic acids is 1. The molecule has 1 aromatic rings. The molecular weight excluding hydrogens is 296 g/mol. The molecule has 1 heterocycles. The summed E-state index contributed by atoms with van der Waals surface area (Å²) in [4.78, 5) is 12.0. The van der Waals surface area contributed by atoms with Gasteiger partial charge in [-0.1, -0.05) is 41.1 Å². The Morgan fingerprint density at radius 3 is 2.61 bits per heavy atom. The molecule has 0 bridgehead atoms. The Bertz CT molecular complexity index is 440. The van der Waals surface area contributed by atoms with Crippen LogP contribution < -0.4 is 0 Å². The monoisotopic (exact) mass is 312 g/mol. The van der Waals surface area contributed by atoms with Crippen LogP contribution in [-0.4, -0.2) is 26.3 Å². The van der Waals surface area contributed by atoms with Crippen LogP contribution in [-0.2, 0) is 19.7 Å². The molecule has 1 aromatic carbocycles. The summed E-state index contributed by atoms with van der Waals surface area (Å²) in [6, 6.07) is 8.02. The molecule has 0 amide bonds. The summed E-state index contributed by atoms with van der Waals surface area (Å²) in [5.41, 5.74) is 0.885. The predicted octanol–water partition coefficient (Wildman–Crippen LogP) is 2.92. The molecule has 0 radical (unpaired) electrons. The maximum atomic E-state index is 12.0. The highest BCUT2D eigenvalue weighted by molar-refractivity contribution is 9.10. The molecule has 0 saturated carbocycles. The van der Waals surface area contributed by atoms with E-state index in [1.54, 1.807) is 0 Å². The summed E-state index contributed by atoms with van der Waals surface area (Å²) in [7, 11) is 1.44. The minimum atomic E-state index is -0.248. The lowest BCUT2D eigenvalue weighted by Gasteiger charge is -2.46. The zero-order valence-electron chi connectivity index (χ0n) is 10.6. The van der Waals surface area contributed by atoms with Crippen molar-refractivity contribution in [2.45, 2.75) is 18.8 Å². The normalized spacial score (nSPS) is 18.8. The van der Waals surface area contributed by atoms with Gasteiger partial charge < -0.3 is 9.47 Å². The van der Waals surface area contributed by atoms with Gasteiger partial charge in [-0.05, 0) is 18.1 Å². The van der Waals surface area contributed by atoms with E-state index in [1.165, 1.54) is 7.11 Å². The number of carbonyl (C=O) groups is 1. The van der Waals surface area contributed by atoms with Crippen LogP contribution >= 0.6 is 15.9 Å². The van der Waals surface area contributed by atoms with Gasteiger partial charge in [-0.25, -0.2) is 0 Å². The maximum Gasteiger partial charge on any atom is 0.309 e. The van der Waals surface area contributed by atoms with Gasteiger partial charge in [-0.15, -0.1) is 0 Å². The standard InChI is InChI=1S/C14H17BrO3/c1-3-10(13(16)17-2)14(8-18-9-14)11-6-4-5-7-12(11)15/h4-7,10H,3,8-9H2,1-2H3. The van der Waals surface area contributed by atoms with Crippen LogP contribution in [0.1, 0.15) is 18.9 Å². The van der Waals surface area contributed by atoms with Crippen molar-refractivity contribution in [2.75, 3.05) is 20.3 Å². The number of hydrogen-bond acceptors (Lipinski definition) is 3. The molecule has 18 heavy (non-hydrogen) atoms. The van der Waals surface area contributed by atoms with Crippen molar-refractivity contribution in [3.05, 3.63) is 34.3 Å². The van der Waals surface area contributed by atoms with Gasteiger partial charge >= 0.3 is 5.97 Å². The van der Waals surface area contributed by atoms with E-state index < -0.39 is 0 Å². The first-order valence-corrected chi connectivity index (χ1v) is 6.85. The van der Waals surface area contributed by atoms with E-state index in [2.05, 4.69) is 22.0 Å². The van der Waals surface area contributed by atoms with E-state index in [0.717, 1.165) is 16.5 Å². The fourth-order valence-electron chi connectivity index (χ4n) is 2.66. The zero-order valence-corrected chi connectivity index (χ0v) is 12.2. The van der Waals surface area contributed by atoms with Gasteiger partial charge in [0.25, 0.3) is 0 Å². The van der Waals surface area contributed by atoms with Crippen LogP contribution in [0.25, 0.3) is 0 Å². The fraction of sp³-hybridized carbons (Fsp3) is 0.500. The average Bonchev–Trinajstić information content (AvgIpc) is 2.34. The molecule has 1 aliphatic rings. The Morgan fingerprint density at radius 2 is 2.17 bits per heavy atom. The molecule has 4 heteroatoms. The second kappa shape index (κ2) is 5.41. The molecular formula is C14H17BrO3. The van der Waals surface area contributed by atoms with Gasteiger partial charge in [0.2, 0.25) is 0 Å². The summed E-state index contributed by atoms with van der Waals surface area (Å²) in [6.07, 6.45) is 0.747. The smallest absolute Gasteiger partial charge is 0.309 e. The van der Waals surface area contributed by atoms with Crippen LogP contribution in [0.3, 0.4) is 0 Å². The number of benzene rings is 1. The quantitative estimate of drug-likeness (QED) is 0.802. The van der Waals surface area contributed by atoms with Crippen LogP contribution in [0.15, 0.2) is 28.7 Å². The van der Waals surface area contributed by atoms with Gasteiger partial charge in [0.15, 0.2) is 0 Å². The molecule has 1 saturated heterocycles. The van der Waals surface area contributed by atoms with Crippen LogP contribution in [0.4, 0.5) is 0 Å². The third-order valence-electron chi connectivity index (χ3n) is 3.69. The first-order valence-electron chi connectivity index (χ1n) is 6.06. The molecule has 2 rings (SSSR count). The van der Waals surface area contributed by atoms with Crippen LogP contribution in [0.2, 0.25) is 0 Å². The maximum absolute atomic E-state index is 12.0. The van der Waals surface area contributed by atoms with Gasteiger partial charge in [0.1, 0.15) is 0 Å². The zero-order chi connectivity index (χ0) is 13.2. The third kappa shape index (κ3) is 2.08. The third-order valence-corrected chi connectivity index (χ3v) is 4.38. The average molecular weight is 313 g/mol. The van der Waals surface area contributed by atoms with E-state index in [1.807, 2.05) is 25.1 Å². The van der Waals surface area contributed by atoms with Gasteiger partial charge in [-0.3, -0.25) is 4.79 Å². The van der Waals surface area contributed by atoms with E-state index in [9.17, 15) is 4.79 Å². The number of esters is 1. The topological polar surface area (TPSA) is 35.5 Å². The van der Waals surface area contributed by atoms with Crippen LogP contribution in [0.5, 0.6) is 0 Å². The Morgan fingerprint density at radius 1 is 1.50 bits per heavy atom. The summed E-state index contributed by atoms with van der Waals surface area (Å²) in [5, 5.41) is 0. The van der Waals surface area contributed by atoms with E-state index >= 15 is 0 Å².